The van der Waals surface area contributed by atoms with E-state index in [-0.39, 0.29) is 16.5 Å². The van der Waals surface area contributed by atoms with Gasteiger partial charge in [0.1, 0.15) is 5.03 Å². The van der Waals surface area contributed by atoms with E-state index in [4.69, 9.17) is 0 Å². The van der Waals surface area contributed by atoms with Crippen molar-refractivity contribution in [2.45, 2.75) is 29.5 Å². The Labute approximate surface area is 160 Å². The molecule has 4 rings (SSSR count). The topological polar surface area (TPSA) is 49.0 Å². The van der Waals surface area contributed by atoms with E-state index in [2.05, 4.69) is 28.3 Å². The Hall–Kier alpha value is -2.41. The summed E-state index contributed by atoms with van der Waals surface area (Å²) in [4.78, 5) is 21.8. The van der Waals surface area contributed by atoms with E-state index in [1.54, 1.807) is 17.0 Å². The molecule has 4 nitrogen and oxygen atoms in total. The zero-order valence-corrected chi connectivity index (χ0v) is 15.4. The molecule has 0 aliphatic carbocycles. The first kappa shape index (κ1) is 18.0. The number of alkyl halides is 2. The van der Waals surface area contributed by atoms with Gasteiger partial charge in [-0.2, -0.15) is 8.78 Å². The Morgan fingerprint density at radius 3 is 2.74 bits per heavy atom. The first-order chi connectivity index (χ1) is 13.1. The number of halogens is 2. The van der Waals surface area contributed by atoms with Crippen LogP contribution in [0.1, 0.15) is 34.7 Å². The predicted octanol–water partition coefficient (Wildman–Crippen LogP) is 4.90. The predicted molar refractivity (Wildman–Crippen MR) is 102 cm³/mol. The summed E-state index contributed by atoms with van der Waals surface area (Å²) in [6.07, 6.45) is 5.20. The molecule has 1 fully saturated rings. The molecule has 1 saturated heterocycles. The minimum atomic E-state index is -2.60. The SMILES string of the molecule is O=C(c1cccnc1SC(F)F)N1CCC(c2c[nH]c3ccccc23)CC1. The highest BCUT2D eigenvalue weighted by Crippen LogP contribution is 2.34. The monoisotopic (exact) mass is 387 g/mol. The number of nitrogens with one attached hydrogen (secondary N) is 1. The summed E-state index contributed by atoms with van der Waals surface area (Å²) in [5.74, 6) is -2.43. The molecular formula is C20H19F2N3OS. The number of likely N-dealkylation sites (tertiary alicyclic amines) is 1. The van der Waals surface area contributed by atoms with E-state index in [1.165, 1.54) is 17.1 Å². The van der Waals surface area contributed by atoms with Crippen molar-refractivity contribution in [3.05, 3.63) is 59.9 Å². The molecule has 3 aromatic rings. The number of amides is 1. The summed E-state index contributed by atoms with van der Waals surface area (Å²) in [5, 5.41) is 1.32. The van der Waals surface area contributed by atoms with Crippen molar-refractivity contribution in [2.75, 3.05) is 13.1 Å². The lowest BCUT2D eigenvalue weighted by Crippen LogP contribution is -2.38. The molecule has 2 aromatic heterocycles. The number of para-hydroxylation sites is 1. The Bertz CT molecular complexity index is 951. The van der Waals surface area contributed by atoms with Crippen molar-refractivity contribution in [3.63, 3.8) is 0 Å². The van der Waals surface area contributed by atoms with Gasteiger partial charge in [-0.25, -0.2) is 4.98 Å². The minimum Gasteiger partial charge on any atom is -0.361 e. The standard InChI is InChI=1S/C20H19F2N3OS/c21-20(22)27-18-15(5-3-9-23-18)19(26)25-10-7-13(8-11-25)16-12-24-17-6-2-1-4-14(16)17/h1-6,9,12-13,20,24H,7-8,10-11H2. The van der Waals surface area contributed by atoms with Crippen LogP contribution in [-0.2, 0) is 0 Å². The number of hydrogen-bond donors (Lipinski definition) is 1. The van der Waals surface area contributed by atoms with Crippen molar-refractivity contribution < 1.29 is 13.6 Å². The van der Waals surface area contributed by atoms with Crippen LogP contribution in [0.4, 0.5) is 8.78 Å². The number of carbonyl (C=O) groups is 1. The van der Waals surface area contributed by atoms with E-state index >= 15 is 0 Å². The van der Waals surface area contributed by atoms with Crippen molar-refractivity contribution in [1.82, 2.24) is 14.9 Å². The molecule has 140 valence electrons. The Kier molecular flexibility index (Phi) is 5.11. The van der Waals surface area contributed by atoms with Crippen LogP contribution in [0.25, 0.3) is 10.9 Å². The third-order valence-corrected chi connectivity index (χ3v) is 5.77. The van der Waals surface area contributed by atoms with Gasteiger partial charge >= 0.3 is 0 Å². The van der Waals surface area contributed by atoms with Gasteiger partial charge in [0.25, 0.3) is 11.7 Å². The molecule has 1 N–H and O–H groups in total. The summed E-state index contributed by atoms with van der Waals surface area (Å²) >= 11 is 0.321. The summed E-state index contributed by atoms with van der Waals surface area (Å²) in [5.41, 5.74) is 2.66. The molecule has 7 heteroatoms. The fourth-order valence-corrected chi connectivity index (χ4v) is 4.30. The summed E-state index contributed by atoms with van der Waals surface area (Å²) in [6, 6.07) is 11.4. The number of pyridine rings is 1. The number of piperidine rings is 1. The fourth-order valence-electron chi connectivity index (χ4n) is 3.73. The minimum absolute atomic E-state index is 0.0938. The lowest BCUT2D eigenvalue weighted by atomic mass is 9.89. The highest BCUT2D eigenvalue weighted by molar-refractivity contribution is 7.99. The number of benzene rings is 1. The molecule has 1 aliphatic rings. The molecule has 1 aromatic carbocycles. The van der Waals surface area contributed by atoms with Crippen LogP contribution in [0.2, 0.25) is 0 Å². The smallest absolute Gasteiger partial charge is 0.290 e. The van der Waals surface area contributed by atoms with Gasteiger partial charge in [0.05, 0.1) is 5.56 Å². The summed E-state index contributed by atoms with van der Waals surface area (Å²) in [7, 11) is 0. The molecule has 0 unspecified atom stereocenters. The number of thioether (sulfide) groups is 1. The molecule has 0 spiro atoms. The van der Waals surface area contributed by atoms with Crippen molar-refractivity contribution >= 4 is 28.6 Å². The lowest BCUT2D eigenvalue weighted by Gasteiger charge is -2.32. The normalized spacial score (nSPS) is 15.6. The van der Waals surface area contributed by atoms with E-state index in [0.29, 0.717) is 30.8 Å². The summed E-state index contributed by atoms with van der Waals surface area (Å²) < 4.78 is 25.5. The van der Waals surface area contributed by atoms with Crippen molar-refractivity contribution in [2.24, 2.45) is 0 Å². The molecule has 0 radical (unpaired) electrons. The van der Waals surface area contributed by atoms with E-state index in [1.807, 2.05) is 12.1 Å². The molecule has 1 amide bonds. The van der Waals surface area contributed by atoms with Crippen LogP contribution in [0, 0.1) is 0 Å². The molecular weight excluding hydrogens is 368 g/mol. The van der Waals surface area contributed by atoms with E-state index in [0.717, 1.165) is 18.4 Å². The maximum Gasteiger partial charge on any atom is 0.290 e. The Morgan fingerprint density at radius 2 is 1.96 bits per heavy atom. The van der Waals surface area contributed by atoms with Gasteiger partial charge in [0.15, 0.2) is 0 Å². The first-order valence-corrected chi connectivity index (χ1v) is 9.76. The van der Waals surface area contributed by atoms with Crippen molar-refractivity contribution in [1.29, 1.82) is 0 Å². The molecule has 0 saturated carbocycles. The number of fused-ring (bicyclic) bond motifs is 1. The largest absolute Gasteiger partial charge is 0.361 e. The van der Waals surface area contributed by atoms with Crippen LogP contribution in [0.3, 0.4) is 0 Å². The Balaban J connectivity index is 1.47. The average Bonchev–Trinajstić information content (AvgIpc) is 3.12. The van der Waals surface area contributed by atoms with Crippen LogP contribution in [0.15, 0.2) is 53.8 Å². The number of carbonyl (C=O) groups excluding carboxylic acids is 1. The van der Waals surface area contributed by atoms with E-state index in [9.17, 15) is 13.6 Å². The first-order valence-electron chi connectivity index (χ1n) is 8.88. The van der Waals surface area contributed by atoms with E-state index < -0.39 is 5.76 Å². The van der Waals surface area contributed by atoms with Gasteiger partial charge < -0.3 is 9.88 Å². The van der Waals surface area contributed by atoms with Gasteiger partial charge in [0.2, 0.25) is 0 Å². The second-order valence-corrected chi connectivity index (χ2v) is 7.57. The van der Waals surface area contributed by atoms with Crippen LogP contribution >= 0.6 is 11.8 Å². The summed E-state index contributed by atoms with van der Waals surface area (Å²) in [6.45, 7) is 1.22. The number of aromatic amines is 1. The third kappa shape index (κ3) is 3.69. The maximum atomic E-state index is 12.8. The number of H-pyrrole nitrogens is 1. The number of nitrogens with zero attached hydrogens (tertiary/aromatic N) is 2. The zero-order chi connectivity index (χ0) is 18.8. The number of hydrogen-bond acceptors (Lipinski definition) is 3. The van der Waals surface area contributed by atoms with Gasteiger partial charge in [-0.05, 0) is 54.3 Å². The lowest BCUT2D eigenvalue weighted by molar-refractivity contribution is 0.0709. The average molecular weight is 387 g/mol. The highest BCUT2D eigenvalue weighted by Gasteiger charge is 2.28. The third-order valence-electron chi connectivity index (χ3n) is 5.05. The van der Waals surface area contributed by atoms with Gasteiger partial charge in [-0.3, -0.25) is 4.79 Å². The molecule has 0 atom stereocenters. The zero-order valence-electron chi connectivity index (χ0n) is 14.6. The molecule has 27 heavy (non-hydrogen) atoms. The molecule has 0 bridgehead atoms. The molecule has 3 heterocycles. The highest BCUT2D eigenvalue weighted by atomic mass is 32.2. The number of rotatable bonds is 4. The van der Waals surface area contributed by atoms with Crippen LogP contribution in [-0.4, -0.2) is 39.6 Å². The number of aromatic nitrogens is 2. The quantitative estimate of drug-likeness (QED) is 0.648. The second kappa shape index (κ2) is 7.68. The van der Waals surface area contributed by atoms with Crippen LogP contribution < -0.4 is 0 Å². The van der Waals surface area contributed by atoms with Crippen molar-refractivity contribution in [3.8, 4) is 0 Å². The van der Waals surface area contributed by atoms with Crippen LogP contribution in [0.5, 0.6) is 0 Å². The van der Waals surface area contributed by atoms with Gasteiger partial charge in [-0.1, -0.05) is 18.2 Å². The Morgan fingerprint density at radius 1 is 1.19 bits per heavy atom. The van der Waals surface area contributed by atoms with Gasteiger partial charge in [-0.15, -0.1) is 0 Å². The van der Waals surface area contributed by atoms with Gasteiger partial charge in [0, 0.05) is 36.4 Å². The maximum absolute atomic E-state index is 12.8. The molecule has 1 aliphatic heterocycles. The fraction of sp³-hybridized carbons (Fsp3) is 0.300. The second-order valence-electron chi connectivity index (χ2n) is 6.59.